The normalized spacial score (nSPS) is 10.2. The Labute approximate surface area is 167 Å². The van der Waals surface area contributed by atoms with E-state index in [1.165, 1.54) is 12.1 Å². The fraction of sp³-hybridized carbons (Fsp3) is 0.136. The van der Waals surface area contributed by atoms with Crippen molar-refractivity contribution in [3.63, 3.8) is 0 Å². The first-order valence-corrected chi connectivity index (χ1v) is 9.06. The van der Waals surface area contributed by atoms with Crippen LogP contribution in [0.1, 0.15) is 21.5 Å². The van der Waals surface area contributed by atoms with Crippen LogP contribution < -0.4 is 10.6 Å². The van der Waals surface area contributed by atoms with E-state index >= 15 is 0 Å². The van der Waals surface area contributed by atoms with Crippen LogP contribution in [0, 0.1) is 5.82 Å². The van der Waals surface area contributed by atoms with Crippen LogP contribution in [0.15, 0.2) is 73.1 Å². The lowest BCUT2D eigenvalue weighted by molar-refractivity contribution is 0.102. The number of nitrogens with one attached hydrogen (secondary N) is 2. The molecule has 0 aliphatic rings. The highest BCUT2D eigenvalue weighted by Crippen LogP contribution is 2.13. The van der Waals surface area contributed by atoms with Crippen molar-refractivity contribution >= 4 is 17.7 Å². The number of alkyl carbamates (subject to hydrolysis) is 1. The van der Waals surface area contributed by atoms with Crippen molar-refractivity contribution in [2.75, 3.05) is 11.9 Å². The van der Waals surface area contributed by atoms with E-state index in [9.17, 15) is 14.0 Å². The summed E-state index contributed by atoms with van der Waals surface area (Å²) < 4.78 is 19.4. The van der Waals surface area contributed by atoms with Gasteiger partial charge in [0, 0.05) is 30.2 Å². The molecule has 0 fully saturated rings. The highest BCUT2D eigenvalue weighted by Gasteiger charge is 2.11. The Morgan fingerprint density at radius 2 is 1.76 bits per heavy atom. The number of benzene rings is 2. The van der Waals surface area contributed by atoms with Gasteiger partial charge in [0.2, 0.25) is 0 Å². The molecule has 0 aliphatic heterocycles. The number of halogens is 1. The Kier molecular flexibility index (Phi) is 6.89. The van der Waals surface area contributed by atoms with Crippen LogP contribution in [-0.2, 0) is 17.8 Å². The zero-order chi connectivity index (χ0) is 20.5. The van der Waals surface area contributed by atoms with E-state index in [0.29, 0.717) is 11.3 Å². The van der Waals surface area contributed by atoms with Crippen LogP contribution in [0.4, 0.5) is 14.9 Å². The quantitative estimate of drug-likeness (QED) is 0.637. The van der Waals surface area contributed by atoms with Gasteiger partial charge in [-0.1, -0.05) is 36.4 Å². The summed E-state index contributed by atoms with van der Waals surface area (Å²) in [6, 6.07) is 16.9. The maximum atomic E-state index is 14.3. The Morgan fingerprint density at radius 3 is 2.48 bits per heavy atom. The number of anilines is 1. The van der Waals surface area contributed by atoms with Gasteiger partial charge in [0.1, 0.15) is 12.4 Å². The fourth-order valence-electron chi connectivity index (χ4n) is 2.60. The SMILES string of the molecule is O=C(NCCc1ccc(C(=O)Nc2ccncc2)cc1F)OCc1ccccc1. The third kappa shape index (κ3) is 6.14. The number of pyridine rings is 1. The first kappa shape index (κ1) is 20.0. The smallest absolute Gasteiger partial charge is 0.407 e. The maximum absolute atomic E-state index is 14.3. The second-order valence-corrected chi connectivity index (χ2v) is 6.23. The molecule has 148 valence electrons. The number of carbonyl (C=O) groups is 2. The number of hydrogen-bond acceptors (Lipinski definition) is 4. The van der Waals surface area contributed by atoms with E-state index in [2.05, 4.69) is 15.6 Å². The minimum absolute atomic E-state index is 0.169. The lowest BCUT2D eigenvalue weighted by Gasteiger charge is -2.09. The highest BCUT2D eigenvalue weighted by molar-refractivity contribution is 6.04. The summed E-state index contributed by atoms with van der Waals surface area (Å²) in [5, 5.41) is 5.26. The third-order valence-corrected chi connectivity index (χ3v) is 4.13. The Bertz CT molecular complexity index is 966. The van der Waals surface area contributed by atoms with Gasteiger partial charge in [0.05, 0.1) is 0 Å². The number of aromatic nitrogens is 1. The van der Waals surface area contributed by atoms with Crippen LogP contribution in [-0.4, -0.2) is 23.5 Å². The second-order valence-electron chi connectivity index (χ2n) is 6.23. The van der Waals surface area contributed by atoms with E-state index in [1.54, 1.807) is 30.6 Å². The molecule has 1 aromatic heterocycles. The number of carbonyl (C=O) groups excluding carboxylic acids is 2. The predicted octanol–water partition coefficient (Wildman–Crippen LogP) is 3.94. The first-order chi connectivity index (χ1) is 14.1. The molecule has 0 atom stereocenters. The molecule has 6 nitrogen and oxygen atoms in total. The Morgan fingerprint density at radius 1 is 1.00 bits per heavy atom. The topological polar surface area (TPSA) is 80.3 Å². The van der Waals surface area contributed by atoms with E-state index in [4.69, 9.17) is 4.74 Å². The number of amides is 2. The minimum atomic E-state index is -0.567. The summed E-state index contributed by atoms with van der Waals surface area (Å²) in [5.74, 6) is -0.920. The monoisotopic (exact) mass is 393 g/mol. The highest BCUT2D eigenvalue weighted by atomic mass is 19.1. The minimum Gasteiger partial charge on any atom is -0.445 e. The third-order valence-electron chi connectivity index (χ3n) is 4.13. The van der Waals surface area contributed by atoms with E-state index in [-0.39, 0.29) is 25.1 Å². The summed E-state index contributed by atoms with van der Waals surface area (Å²) >= 11 is 0. The fourth-order valence-corrected chi connectivity index (χ4v) is 2.60. The molecule has 0 saturated carbocycles. The number of rotatable bonds is 7. The molecule has 0 bridgehead atoms. The molecule has 3 aromatic rings. The van der Waals surface area contributed by atoms with Crippen molar-refractivity contribution in [2.45, 2.75) is 13.0 Å². The molecule has 2 aromatic carbocycles. The molecule has 7 heteroatoms. The second kappa shape index (κ2) is 9.98. The van der Waals surface area contributed by atoms with E-state index < -0.39 is 17.8 Å². The zero-order valence-electron chi connectivity index (χ0n) is 15.6. The lowest BCUT2D eigenvalue weighted by atomic mass is 10.1. The zero-order valence-corrected chi connectivity index (χ0v) is 15.6. The predicted molar refractivity (Wildman–Crippen MR) is 107 cm³/mol. The van der Waals surface area contributed by atoms with Crippen molar-refractivity contribution in [3.05, 3.63) is 95.6 Å². The molecular weight excluding hydrogens is 373 g/mol. The van der Waals surface area contributed by atoms with Gasteiger partial charge in [-0.05, 0) is 41.8 Å². The molecule has 0 unspecified atom stereocenters. The molecule has 2 amide bonds. The molecule has 29 heavy (non-hydrogen) atoms. The summed E-state index contributed by atoms with van der Waals surface area (Å²) in [5.41, 5.74) is 2.06. The van der Waals surface area contributed by atoms with Gasteiger partial charge >= 0.3 is 6.09 Å². The summed E-state index contributed by atoms with van der Waals surface area (Å²) in [4.78, 5) is 27.8. The van der Waals surface area contributed by atoms with Crippen molar-refractivity contribution in [3.8, 4) is 0 Å². The van der Waals surface area contributed by atoms with Gasteiger partial charge < -0.3 is 15.4 Å². The van der Waals surface area contributed by atoms with E-state index in [0.717, 1.165) is 5.56 Å². The molecule has 0 spiro atoms. The van der Waals surface area contributed by atoms with Gasteiger partial charge in [0.25, 0.3) is 5.91 Å². The lowest BCUT2D eigenvalue weighted by Crippen LogP contribution is -2.26. The van der Waals surface area contributed by atoms with Gasteiger partial charge in [-0.3, -0.25) is 9.78 Å². The van der Waals surface area contributed by atoms with Crippen LogP contribution in [0.25, 0.3) is 0 Å². The van der Waals surface area contributed by atoms with Crippen molar-refractivity contribution in [1.82, 2.24) is 10.3 Å². The Hall–Kier alpha value is -3.74. The van der Waals surface area contributed by atoms with Gasteiger partial charge in [0.15, 0.2) is 0 Å². The average molecular weight is 393 g/mol. The van der Waals surface area contributed by atoms with Gasteiger partial charge in [-0.15, -0.1) is 0 Å². The Balaban J connectivity index is 1.46. The van der Waals surface area contributed by atoms with Crippen LogP contribution in [0.2, 0.25) is 0 Å². The molecule has 0 radical (unpaired) electrons. The molecule has 0 aliphatic carbocycles. The number of nitrogens with zero attached hydrogens (tertiary/aromatic N) is 1. The average Bonchev–Trinajstić information content (AvgIpc) is 2.75. The summed E-state index contributed by atoms with van der Waals surface area (Å²) in [7, 11) is 0. The van der Waals surface area contributed by atoms with Crippen LogP contribution in [0.3, 0.4) is 0 Å². The molecular formula is C22H20FN3O3. The number of ether oxygens (including phenoxy) is 1. The van der Waals surface area contributed by atoms with Gasteiger partial charge in [-0.2, -0.15) is 0 Å². The molecule has 2 N–H and O–H groups in total. The standard InChI is InChI=1S/C22H20FN3O3/c23-20-14-18(21(27)26-19-9-11-24-12-10-19)7-6-17(20)8-13-25-22(28)29-15-16-4-2-1-3-5-16/h1-7,9-12,14H,8,13,15H2,(H,25,28)(H,24,26,27). The molecule has 0 saturated heterocycles. The largest absolute Gasteiger partial charge is 0.445 e. The van der Waals surface area contributed by atoms with Crippen molar-refractivity contribution in [2.24, 2.45) is 0 Å². The van der Waals surface area contributed by atoms with Gasteiger partial charge in [-0.25, -0.2) is 9.18 Å². The first-order valence-electron chi connectivity index (χ1n) is 9.06. The van der Waals surface area contributed by atoms with E-state index in [1.807, 2.05) is 30.3 Å². The summed E-state index contributed by atoms with van der Waals surface area (Å²) in [6.07, 6.45) is 2.81. The van der Waals surface area contributed by atoms with Crippen LogP contribution in [0.5, 0.6) is 0 Å². The number of hydrogen-bond donors (Lipinski definition) is 2. The maximum Gasteiger partial charge on any atom is 0.407 e. The van der Waals surface area contributed by atoms with Crippen molar-refractivity contribution < 1.29 is 18.7 Å². The summed E-state index contributed by atoms with van der Waals surface area (Å²) in [6.45, 7) is 0.384. The van der Waals surface area contributed by atoms with Crippen molar-refractivity contribution in [1.29, 1.82) is 0 Å². The van der Waals surface area contributed by atoms with Crippen LogP contribution >= 0.6 is 0 Å². The molecule has 3 rings (SSSR count). The molecule has 1 heterocycles.